The minimum atomic E-state index is -0.471. The van der Waals surface area contributed by atoms with Crippen LogP contribution in [-0.2, 0) is 14.3 Å². The van der Waals surface area contributed by atoms with Crippen molar-refractivity contribution in [2.75, 3.05) is 18.9 Å². The molecule has 10 heteroatoms. The fourth-order valence-corrected chi connectivity index (χ4v) is 2.81. The van der Waals surface area contributed by atoms with Crippen LogP contribution in [0.4, 0.5) is 0 Å². The van der Waals surface area contributed by atoms with Crippen LogP contribution in [0.1, 0.15) is 6.92 Å². The molecule has 0 fully saturated rings. The van der Waals surface area contributed by atoms with E-state index in [1.165, 1.54) is 11.8 Å². The lowest BCUT2D eigenvalue weighted by Gasteiger charge is -2.04. The van der Waals surface area contributed by atoms with Crippen LogP contribution < -0.4 is 5.32 Å². The summed E-state index contributed by atoms with van der Waals surface area (Å²) in [6.07, 6.45) is 3.41. The first-order chi connectivity index (χ1) is 12.7. The Bertz CT molecular complexity index is 915. The molecule has 26 heavy (non-hydrogen) atoms. The van der Waals surface area contributed by atoms with E-state index in [-0.39, 0.29) is 24.8 Å². The molecule has 3 heterocycles. The lowest BCUT2D eigenvalue weighted by atomic mass is 10.2. The zero-order valence-corrected chi connectivity index (χ0v) is 14.8. The van der Waals surface area contributed by atoms with E-state index in [1.807, 2.05) is 18.2 Å². The number of pyridine rings is 1. The zero-order chi connectivity index (χ0) is 18.4. The van der Waals surface area contributed by atoms with Crippen molar-refractivity contribution < 1.29 is 14.3 Å². The molecule has 0 unspecified atom stereocenters. The van der Waals surface area contributed by atoms with Gasteiger partial charge in [-0.3, -0.25) is 14.6 Å². The minimum absolute atomic E-state index is 0.0823. The molecule has 0 saturated carbocycles. The van der Waals surface area contributed by atoms with Crippen LogP contribution >= 0.6 is 11.8 Å². The number of carbonyl (C=O) groups excluding carboxylic acids is 2. The molecule has 0 bridgehead atoms. The maximum atomic E-state index is 11.8. The molecule has 3 aromatic rings. The van der Waals surface area contributed by atoms with Crippen LogP contribution in [0, 0.1) is 0 Å². The zero-order valence-electron chi connectivity index (χ0n) is 14.0. The Morgan fingerprint density at radius 2 is 2.15 bits per heavy atom. The van der Waals surface area contributed by atoms with Crippen molar-refractivity contribution in [1.82, 2.24) is 30.1 Å². The molecule has 9 nitrogen and oxygen atoms in total. The molecule has 134 valence electrons. The molecule has 3 aromatic heterocycles. The number of rotatable bonds is 7. The number of hydrogen-bond donors (Lipinski definition) is 1. The van der Waals surface area contributed by atoms with Gasteiger partial charge >= 0.3 is 5.97 Å². The first-order valence-corrected chi connectivity index (χ1v) is 8.84. The Morgan fingerprint density at radius 3 is 2.92 bits per heavy atom. The summed E-state index contributed by atoms with van der Waals surface area (Å²) in [6.45, 7) is 1.83. The van der Waals surface area contributed by atoms with Gasteiger partial charge in [-0.05, 0) is 31.2 Å². The Balaban J connectivity index is 1.67. The third-order valence-corrected chi connectivity index (χ3v) is 4.18. The predicted molar refractivity (Wildman–Crippen MR) is 94.4 cm³/mol. The Morgan fingerprint density at radius 1 is 1.27 bits per heavy atom. The van der Waals surface area contributed by atoms with Crippen LogP contribution in [0.15, 0.2) is 41.8 Å². The molecule has 0 aliphatic heterocycles. The van der Waals surface area contributed by atoms with Crippen molar-refractivity contribution in [3.8, 4) is 11.3 Å². The highest BCUT2D eigenvalue weighted by Gasteiger charge is 2.12. The summed E-state index contributed by atoms with van der Waals surface area (Å²) in [5.74, 6) is -0.691. The van der Waals surface area contributed by atoms with Gasteiger partial charge in [0.2, 0.25) is 11.1 Å². The Hall–Kier alpha value is -3.01. The first-order valence-electron chi connectivity index (χ1n) is 7.85. The highest BCUT2D eigenvalue weighted by molar-refractivity contribution is 7.99. The standard InChI is InChI=1S/C16H16N6O3S/c1-2-25-15(24)9-18-14(23)10-26-16-20-19-13-6-5-12(21-22(13)16)11-4-3-7-17-8-11/h3-8H,2,9-10H2,1H3,(H,18,23). The van der Waals surface area contributed by atoms with Gasteiger partial charge in [-0.25, -0.2) is 0 Å². The van der Waals surface area contributed by atoms with Gasteiger partial charge in [0, 0.05) is 18.0 Å². The van der Waals surface area contributed by atoms with Gasteiger partial charge in [0.05, 0.1) is 18.1 Å². The summed E-state index contributed by atoms with van der Waals surface area (Å²) in [4.78, 5) is 27.2. The maximum absolute atomic E-state index is 11.8. The number of ether oxygens (including phenoxy) is 1. The summed E-state index contributed by atoms with van der Waals surface area (Å²) < 4.78 is 6.33. The Kier molecular flexibility index (Phi) is 5.74. The summed E-state index contributed by atoms with van der Waals surface area (Å²) in [5, 5.41) is 15.6. The van der Waals surface area contributed by atoms with Gasteiger partial charge in [0.1, 0.15) is 6.54 Å². The summed E-state index contributed by atoms with van der Waals surface area (Å²) in [5.41, 5.74) is 2.16. The quantitative estimate of drug-likeness (QED) is 0.482. The van der Waals surface area contributed by atoms with E-state index >= 15 is 0 Å². The second-order valence-electron chi connectivity index (χ2n) is 5.08. The molecule has 1 amide bonds. The number of nitrogens with one attached hydrogen (secondary N) is 1. The second-order valence-corrected chi connectivity index (χ2v) is 6.03. The van der Waals surface area contributed by atoms with Crippen molar-refractivity contribution in [2.24, 2.45) is 0 Å². The van der Waals surface area contributed by atoms with Crippen LogP contribution in [0.3, 0.4) is 0 Å². The van der Waals surface area contributed by atoms with E-state index in [1.54, 1.807) is 29.9 Å². The third kappa shape index (κ3) is 4.33. The van der Waals surface area contributed by atoms with Gasteiger partial charge in [0.15, 0.2) is 5.65 Å². The van der Waals surface area contributed by atoms with Gasteiger partial charge < -0.3 is 10.1 Å². The minimum Gasteiger partial charge on any atom is -0.465 e. The molecule has 0 aromatic carbocycles. The predicted octanol–water partition coefficient (Wildman–Crippen LogP) is 0.958. The monoisotopic (exact) mass is 372 g/mol. The van der Waals surface area contributed by atoms with Crippen molar-refractivity contribution in [2.45, 2.75) is 12.1 Å². The second kappa shape index (κ2) is 8.39. The average molecular weight is 372 g/mol. The normalized spacial score (nSPS) is 10.7. The van der Waals surface area contributed by atoms with E-state index < -0.39 is 5.97 Å². The van der Waals surface area contributed by atoms with E-state index in [0.717, 1.165) is 11.3 Å². The van der Waals surface area contributed by atoms with Gasteiger partial charge in [-0.2, -0.15) is 9.61 Å². The molecular weight excluding hydrogens is 356 g/mol. The SMILES string of the molecule is CCOC(=O)CNC(=O)CSc1nnc2ccc(-c3cccnc3)nn12. The van der Waals surface area contributed by atoms with E-state index in [0.29, 0.717) is 10.8 Å². The number of nitrogens with zero attached hydrogens (tertiary/aromatic N) is 5. The highest BCUT2D eigenvalue weighted by atomic mass is 32.2. The first kappa shape index (κ1) is 17.8. The van der Waals surface area contributed by atoms with Gasteiger partial charge in [-0.1, -0.05) is 11.8 Å². The van der Waals surface area contributed by atoms with Gasteiger partial charge in [-0.15, -0.1) is 10.2 Å². The van der Waals surface area contributed by atoms with E-state index in [2.05, 4.69) is 25.6 Å². The molecule has 3 rings (SSSR count). The summed E-state index contributed by atoms with van der Waals surface area (Å²) in [7, 11) is 0. The average Bonchev–Trinajstić information content (AvgIpc) is 3.08. The molecule has 0 aliphatic rings. The van der Waals surface area contributed by atoms with Crippen LogP contribution in [0.5, 0.6) is 0 Å². The van der Waals surface area contributed by atoms with Crippen LogP contribution in [-0.4, -0.2) is 55.6 Å². The number of thioether (sulfide) groups is 1. The van der Waals surface area contributed by atoms with E-state index in [9.17, 15) is 9.59 Å². The van der Waals surface area contributed by atoms with Crippen LogP contribution in [0.2, 0.25) is 0 Å². The molecule has 1 N–H and O–H groups in total. The van der Waals surface area contributed by atoms with Gasteiger partial charge in [0.25, 0.3) is 0 Å². The number of aromatic nitrogens is 5. The fourth-order valence-electron chi connectivity index (χ4n) is 2.09. The fraction of sp³-hybridized carbons (Fsp3) is 0.250. The van der Waals surface area contributed by atoms with Crippen molar-refractivity contribution >= 4 is 29.3 Å². The maximum Gasteiger partial charge on any atom is 0.325 e. The molecule has 0 saturated heterocycles. The van der Waals surface area contributed by atoms with E-state index in [4.69, 9.17) is 4.74 Å². The summed E-state index contributed by atoms with van der Waals surface area (Å²) in [6, 6.07) is 7.37. The van der Waals surface area contributed by atoms with Crippen molar-refractivity contribution in [3.63, 3.8) is 0 Å². The molecule has 0 atom stereocenters. The Labute approximate surface area is 153 Å². The molecule has 0 radical (unpaired) electrons. The topological polar surface area (TPSA) is 111 Å². The summed E-state index contributed by atoms with van der Waals surface area (Å²) >= 11 is 1.18. The number of amides is 1. The highest BCUT2D eigenvalue weighted by Crippen LogP contribution is 2.19. The number of esters is 1. The number of hydrogen-bond acceptors (Lipinski definition) is 8. The number of carbonyl (C=O) groups is 2. The smallest absolute Gasteiger partial charge is 0.325 e. The molecule has 0 aliphatic carbocycles. The van der Waals surface area contributed by atoms with Crippen LogP contribution in [0.25, 0.3) is 16.9 Å². The molecule has 0 spiro atoms. The largest absolute Gasteiger partial charge is 0.465 e. The number of fused-ring (bicyclic) bond motifs is 1. The lowest BCUT2D eigenvalue weighted by Crippen LogP contribution is -2.31. The third-order valence-electron chi connectivity index (χ3n) is 3.26. The lowest BCUT2D eigenvalue weighted by molar-refractivity contribution is -0.143. The van der Waals surface area contributed by atoms with Crippen molar-refractivity contribution in [1.29, 1.82) is 0 Å². The molecular formula is C16H16N6O3S. The van der Waals surface area contributed by atoms with Crippen molar-refractivity contribution in [3.05, 3.63) is 36.7 Å².